The van der Waals surface area contributed by atoms with Gasteiger partial charge in [0.2, 0.25) is 0 Å². The molecule has 0 unspecified atom stereocenters. The molecule has 0 fully saturated rings. The van der Waals surface area contributed by atoms with Crippen molar-refractivity contribution in [1.82, 2.24) is 9.47 Å². The van der Waals surface area contributed by atoms with E-state index in [2.05, 4.69) is 4.90 Å². The summed E-state index contributed by atoms with van der Waals surface area (Å²) in [5.74, 6) is 0.0419. The van der Waals surface area contributed by atoms with Crippen LogP contribution in [0.3, 0.4) is 0 Å². The van der Waals surface area contributed by atoms with E-state index in [9.17, 15) is 9.90 Å². The minimum absolute atomic E-state index is 0.241. The Balaban J connectivity index is 2.44. The molecule has 2 rings (SSSR count). The molecule has 2 aromatic rings. The molecule has 0 aliphatic heterocycles. The molecule has 0 saturated heterocycles. The van der Waals surface area contributed by atoms with Crippen molar-refractivity contribution in [2.75, 3.05) is 27.7 Å². The first-order valence-corrected chi connectivity index (χ1v) is 7.79. The number of phenolic OH excluding ortho intramolecular Hbond substituents is 1. The zero-order valence-corrected chi connectivity index (χ0v) is 14.6. The molecular weight excluding hydrogens is 292 g/mol. The molecular formula is C18H26N2O3. The van der Waals surface area contributed by atoms with E-state index in [1.54, 1.807) is 6.07 Å². The topological polar surface area (TPSA) is 54.7 Å². The number of carbonyl (C=O) groups is 1. The van der Waals surface area contributed by atoms with E-state index >= 15 is 0 Å². The second-order valence-corrected chi connectivity index (χ2v) is 6.88. The van der Waals surface area contributed by atoms with Crippen molar-refractivity contribution in [2.45, 2.75) is 26.8 Å². The summed E-state index contributed by atoms with van der Waals surface area (Å²) in [7, 11) is 5.46. The number of likely N-dealkylation sites (N-methyl/N-ethyl adjacent to an activating group) is 1. The lowest BCUT2D eigenvalue weighted by atomic mass is 9.93. The summed E-state index contributed by atoms with van der Waals surface area (Å²) >= 11 is 0. The first kappa shape index (κ1) is 17.3. The van der Waals surface area contributed by atoms with Gasteiger partial charge in [-0.25, -0.2) is 0 Å². The van der Waals surface area contributed by atoms with Crippen molar-refractivity contribution in [3.63, 3.8) is 0 Å². The van der Waals surface area contributed by atoms with Crippen LogP contribution in [-0.2, 0) is 22.5 Å². The third kappa shape index (κ3) is 3.67. The summed E-state index contributed by atoms with van der Waals surface area (Å²) in [4.78, 5) is 14.1. The van der Waals surface area contributed by atoms with E-state index in [1.807, 2.05) is 50.8 Å². The molecule has 0 bridgehead atoms. The number of ether oxygens (including phenoxy) is 1. The van der Waals surface area contributed by atoms with Gasteiger partial charge in [0.15, 0.2) is 0 Å². The predicted octanol–water partition coefficient (Wildman–Crippen LogP) is 2.65. The first-order valence-electron chi connectivity index (χ1n) is 7.79. The number of aromatic hydroxyl groups is 1. The summed E-state index contributed by atoms with van der Waals surface area (Å²) in [6.45, 7) is 5.13. The second-order valence-electron chi connectivity index (χ2n) is 6.88. The molecule has 1 aromatic carbocycles. The quantitative estimate of drug-likeness (QED) is 0.832. The Morgan fingerprint density at radius 3 is 2.65 bits per heavy atom. The molecule has 5 nitrogen and oxygen atoms in total. The van der Waals surface area contributed by atoms with E-state index in [4.69, 9.17) is 4.74 Å². The van der Waals surface area contributed by atoms with Crippen LogP contribution in [0.1, 0.15) is 19.4 Å². The summed E-state index contributed by atoms with van der Waals surface area (Å²) in [6.07, 6.45) is 2.88. The normalized spacial score (nSPS) is 12.1. The number of aromatic nitrogens is 1. The Bertz CT molecular complexity index is 702. The van der Waals surface area contributed by atoms with Crippen LogP contribution in [0, 0.1) is 5.41 Å². The number of phenols is 1. The van der Waals surface area contributed by atoms with E-state index in [0.717, 1.165) is 29.4 Å². The Morgan fingerprint density at radius 2 is 2.04 bits per heavy atom. The van der Waals surface area contributed by atoms with Gasteiger partial charge < -0.3 is 19.3 Å². The summed E-state index contributed by atoms with van der Waals surface area (Å²) in [5, 5.41) is 11.1. The van der Waals surface area contributed by atoms with Gasteiger partial charge in [0.1, 0.15) is 5.75 Å². The van der Waals surface area contributed by atoms with Crippen LogP contribution in [0.5, 0.6) is 5.75 Å². The number of rotatable bonds is 6. The minimum atomic E-state index is -0.634. The van der Waals surface area contributed by atoms with Crippen LogP contribution >= 0.6 is 0 Å². The van der Waals surface area contributed by atoms with Crippen LogP contribution in [0.4, 0.5) is 0 Å². The summed E-state index contributed by atoms with van der Waals surface area (Å²) in [5.41, 5.74) is 1.40. The second kappa shape index (κ2) is 6.62. The monoisotopic (exact) mass is 318 g/mol. The molecule has 0 aliphatic carbocycles. The Labute approximate surface area is 137 Å². The number of fused-ring (bicyclic) bond motifs is 1. The number of methoxy groups -OCH3 is 1. The number of hydrogen-bond acceptors (Lipinski definition) is 4. The van der Waals surface area contributed by atoms with E-state index in [1.165, 1.54) is 7.11 Å². The van der Waals surface area contributed by atoms with E-state index in [0.29, 0.717) is 6.54 Å². The highest BCUT2D eigenvalue weighted by molar-refractivity contribution is 5.90. The average Bonchev–Trinajstić information content (AvgIpc) is 2.83. The van der Waals surface area contributed by atoms with Crippen LogP contribution in [0.25, 0.3) is 10.9 Å². The largest absolute Gasteiger partial charge is 0.507 e. The number of esters is 1. The van der Waals surface area contributed by atoms with E-state index in [-0.39, 0.29) is 11.7 Å². The Kier molecular flexibility index (Phi) is 5.00. The molecule has 0 spiro atoms. The third-order valence-corrected chi connectivity index (χ3v) is 4.09. The Morgan fingerprint density at radius 1 is 1.35 bits per heavy atom. The van der Waals surface area contributed by atoms with E-state index < -0.39 is 5.41 Å². The number of nitrogens with zero attached hydrogens (tertiary/aromatic N) is 2. The molecule has 0 aliphatic rings. The predicted molar refractivity (Wildman–Crippen MR) is 91.7 cm³/mol. The van der Waals surface area contributed by atoms with Crippen molar-refractivity contribution in [1.29, 1.82) is 0 Å². The molecule has 0 saturated carbocycles. The Hall–Kier alpha value is -2.01. The standard InChI is InChI=1S/C18H26N2O3/c1-18(2,17(22)23-5)12-20-11-13(9-10-19(3)4)16-14(20)7-6-8-15(16)21/h6-8,11,21H,9-10,12H2,1-5H3. The fraction of sp³-hybridized carbons (Fsp3) is 0.500. The highest BCUT2D eigenvalue weighted by Gasteiger charge is 2.30. The summed E-state index contributed by atoms with van der Waals surface area (Å²) < 4.78 is 6.94. The van der Waals surface area contributed by atoms with Gasteiger partial charge in [0.25, 0.3) is 0 Å². The first-order chi connectivity index (χ1) is 10.8. The van der Waals surface area contributed by atoms with Gasteiger partial charge in [-0.2, -0.15) is 0 Å². The lowest BCUT2D eigenvalue weighted by Crippen LogP contribution is -2.30. The van der Waals surface area contributed by atoms with Gasteiger partial charge >= 0.3 is 5.97 Å². The van der Waals surface area contributed by atoms with Crippen molar-refractivity contribution in [3.05, 3.63) is 30.0 Å². The molecule has 23 heavy (non-hydrogen) atoms. The van der Waals surface area contributed by atoms with Crippen LogP contribution in [0.2, 0.25) is 0 Å². The van der Waals surface area contributed by atoms with Gasteiger partial charge in [-0.1, -0.05) is 6.07 Å². The molecule has 1 aromatic heterocycles. The van der Waals surface area contributed by atoms with Crippen LogP contribution in [-0.4, -0.2) is 48.3 Å². The average molecular weight is 318 g/mol. The maximum atomic E-state index is 12.0. The van der Waals surface area contributed by atoms with Crippen LogP contribution in [0.15, 0.2) is 24.4 Å². The molecule has 0 radical (unpaired) electrons. The van der Waals surface area contributed by atoms with Crippen LogP contribution < -0.4 is 0 Å². The number of benzene rings is 1. The van der Waals surface area contributed by atoms with Crippen molar-refractivity contribution in [3.8, 4) is 5.75 Å². The lowest BCUT2D eigenvalue weighted by molar-refractivity contribution is -0.151. The van der Waals surface area contributed by atoms with Gasteiger partial charge in [-0.05, 0) is 52.1 Å². The molecule has 1 N–H and O–H groups in total. The molecule has 1 heterocycles. The maximum absolute atomic E-state index is 12.0. The van der Waals surface area contributed by atoms with Crippen molar-refractivity contribution < 1.29 is 14.6 Å². The maximum Gasteiger partial charge on any atom is 0.313 e. The molecule has 0 amide bonds. The highest BCUT2D eigenvalue weighted by Crippen LogP contribution is 2.32. The number of hydrogen-bond donors (Lipinski definition) is 1. The van der Waals surface area contributed by atoms with Gasteiger partial charge in [0.05, 0.1) is 18.0 Å². The van der Waals surface area contributed by atoms with Gasteiger partial charge in [0, 0.05) is 24.7 Å². The summed E-state index contributed by atoms with van der Waals surface area (Å²) in [6, 6.07) is 5.51. The number of carbonyl (C=O) groups excluding carboxylic acids is 1. The lowest BCUT2D eigenvalue weighted by Gasteiger charge is -2.22. The zero-order chi connectivity index (χ0) is 17.2. The SMILES string of the molecule is COC(=O)C(C)(C)Cn1cc(CCN(C)C)c2c(O)cccc21. The van der Waals surface area contributed by atoms with Crippen molar-refractivity contribution in [2.24, 2.45) is 5.41 Å². The smallest absolute Gasteiger partial charge is 0.313 e. The fourth-order valence-electron chi connectivity index (χ4n) is 2.85. The molecule has 5 heteroatoms. The molecule has 126 valence electrons. The zero-order valence-electron chi connectivity index (χ0n) is 14.6. The molecule has 0 atom stereocenters. The highest BCUT2D eigenvalue weighted by atomic mass is 16.5. The van der Waals surface area contributed by atoms with Crippen molar-refractivity contribution >= 4 is 16.9 Å². The van der Waals surface area contributed by atoms with Gasteiger partial charge in [-0.3, -0.25) is 4.79 Å². The fourth-order valence-corrected chi connectivity index (χ4v) is 2.85. The minimum Gasteiger partial charge on any atom is -0.507 e. The van der Waals surface area contributed by atoms with Gasteiger partial charge in [-0.15, -0.1) is 0 Å². The third-order valence-electron chi connectivity index (χ3n) is 4.09.